The quantitative estimate of drug-likeness (QED) is 0.739. The lowest BCUT2D eigenvalue weighted by Crippen LogP contribution is -2.48. The summed E-state index contributed by atoms with van der Waals surface area (Å²) in [5, 5.41) is 3.60. The highest BCUT2D eigenvalue weighted by atomic mass is 15.2. The smallest absolute Gasteiger partial charge is 0.0220 e. The molecule has 1 fully saturated rings. The molecule has 1 saturated heterocycles. The first-order valence-corrected chi connectivity index (χ1v) is 8.74. The Bertz CT molecular complexity index is 251. The SMILES string of the molecule is CCNCC(CC)(CC)CN1CCCN(C)CC1CC. The van der Waals surface area contributed by atoms with Crippen LogP contribution in [0, 0.1) is 5.41 Å². The Balaban J connectivity index is 2.73. The van der Waals surface area contributed by atoms with Crippen molar-refractivity contribution in [2.45, 2.75) is 59.4 Å². The van der Waals surface area contributed by atoms with Crippen molar-refractivity contribution in [1.82, 2.24) is 15.1 Å². The second kappa shape index (κ2) is 9.01. The molecule has 3 heteroatoms. The molecule has 1 N–H and O–H groups in total. The molecule has 1 heterocycles. The average molecular weight is 284 g/mol. The van der Waals surface area contributed by atoms with Gasteiger partial charge in [0, 0.05) is 25.7 Å². The van der Waals surface area contributed by atoms with Gasteiger partial charge in [0.2, 0.25) is 0 Å². The van der Waals surface area contributed by atoms with Gasteiger partial charge in [-0.1, -0.05) is 27.7 Å². The van der Waals surface area contributed by atoms with Crippen molar-refractivity contribution >= 4 is 0 Å². The van der Waals surface area contributed by atoms with Gasteiger partial charge in [-0.05, 0) is 57.8 Å². The van der Waals surface area contributed by atoms with Crippen molar-refractivity contribution in [2.24, 2.45) is 5.41 Å². The van der Waals surface area contributed by atoms with Gasteiger partial charge in [-0.15, -0.1) is 0 Å². The highest BCUT2D eigenvalue weighted by molar-refractivity contribution is 4.87. The van der Waals surface area contributed by atoms with Crippen LogP contribution in [0.1, 0.15) is 53.4 Å². The van der Waals surface area contributed by atoms with Crippen LogP contribution in [0.3, 0.4) is 0 Å². The maximum absolute atomic E-state index is 3.60. The van der Waals surface area contributed by atoms with Crippen molar-refractivity contribution in [3.05, 3.63) is 0 Å². The van der Waals surface area contributed by atoms with Crippen LogP contribution in [-0.2, 0) is 0 Å². The first kappa shape index (κ1) is 17.9. The van der Waals surface area contributed by atoms with E-state index in [0.29, 0.717) is 5.41 Å². The van der Waals surface area contributed by atoms with E-state index in [9.17, 15) is 0 Å². The van der Waals surface area contributed by atoms with Gasteiger partial charge in [-0.2, -0.15) is 0 Å². The standard InChI is InChI=1S/C17H37N3/c1-6-16-13-19(5)11-10-12-20(16)15-17(7-2,8-3)14-18-9-4/h16,18H,6-15H2,1-5H3. The van der Waals surface area contributed by atoms with E-state index in [1.165, 1.54) is 58.4 Å². The van der Waals surface area contributed by atoms with E-state index in [0.717, 1.165) is 12.6 Å². The maximum atomic E-state index is 3.60. The molecule has 0 aromatic heterocycles. The molecule has 3 nitrogen and oxygen atoms in total. The van der Waals surface area contributed by atoms with Crippen LogP contribution in [-0.4, -0.2) is 62.2 Å². The minimum Gasteiger partial charge on any atom is -0.316 e. The molecule has 0 spiro atoms. The Hall–Kier alpha value is -0.120. The van der Waals surface area contributed by atoms with Gasteiger partial charge < -0.3 is 10.2 Å². The molecule has 0 amide bonds. The number of rotatable bonds is 8. The van der Waals surface area contributed by atoms with E-state index in [1.54, 1.807) is 0 Å². The number of hydrogen-bond acceptors (Lipinski definition) is 3. The van der Waals surface area contributed by atoms with Gasteiger partial charge in [-0.25, -0.2) is 0 Å². The van der Waals surface area contributed by atoms with E-state index in [-0.39, 0.29) is 0 Å². The summed E-state index contributed by atoms with van der Waals surface area (Å²) in [4.78, 5) is 5.30. The van der Waals surface area contributed by atoms with Crippen LogP contribution in [0.4, 0.5) is 0 Å². The minimum atomic E-state index is 0.451. The zero-order valence-electron chi connectivity index (χ0n) is 14.5. The molecule has 0 radical (unpaired) electrons. The van der Waals surface area contributed by atoms with Crippen molar-refractivity contribution in [3.63, 3.8) is 0 Å². The largest absolute Gasteiger partial charge is 0.316 e. The van der Waals surface area contributed by atoms with Crippen LogP contribution in [0.2, 0.25) is 0 Å². The first-order valence-electron chi connectivity index (χ1n) is 8.74. The third-order valence-corrected chi connectivity index (χ3v) is 5.28. The second-order valence-electron chi connectivity index (χ2n) is 6.64. The van der Waals surface area contributed by atoms with Crippen LogP contribution in [0.5, 0.6) is 0 Å². The molecule has 120 valence electrons. The molecule has 0 bridgehead atoms. The van der Waals surface area contributed by atoms with E-state index in [1.807, 2.05) is 0 Å². The summed E-state index contributed by atoms with van der Waals surface area (Å²) in [6.45, 7) is 16.6. The van der Waals surface area contributed by atoms with E-state index < -0.39 is 0 Å². The number of nitrogens with zero attached hydrogens (tertiary/aromatic N) is 2. The Morgan fingerprint density at radius 1 is 1.10 bits per heavy atom. The molecule has 1 unspecified atom stereocenters. The molecule has 1 aliphatic rings. The molecule has 1 atom stereocenters. The molecule has 0 saturated carbocycles. The molecular formula is C17H37N3. The molecule has 1 rings (SSSR count). The lowest BCUT2D eigenvalue weighted by atomic mass is 9.81. The maximum Gasteiger partial charge on any atom is 0.0220 e. The molecular weight excluding hydrogens is 246 g/mol. The molecule has 0 aliphatic carbocycles. The molecule has 0 aromatic carbocycles. The summed E-state index contributed by atoms with van der Waals surface area (Å²) >= 11 is 0. The lowest BCUT2D eigenvalue weighted by Gasteiger charge is -2.40. The zero-order valence-corrected chi connectivity index (χ0v) is 14.5. The summed E-state index contributed by atoms with van der Waals surface area (Å²) in [5.41, 5.74) is 0.451. The first-order chi connectivity index (χ1) is 9.60. The average Bonchev–Trinajstić information content (AvgIpc) is 2.64. The highest BCUT2D eigenvalue weighted by Gasteiger charge is 2.32. The van der Waals surface area contributed by atoms with Crippen LogP contribution < -0.4 is 5.32 Å². The Kier molecular flexibility index (Phi) is 8.08. The summed E-state index contributed by atoms with van der Waals surface area (Å²) in [7, 11) is 2.28. The summed E-state index contributed by atoms with van der Waals surface area (Å²) < 4.78 is 0. The number of hydrogen-bond donors (Lipinski definition) is 1. The highest BCUT2D eigenvalue weighted by Crippen LogP contribution is 2.29. The topological polar surface area (TPSA) is 18.5 Å². The van der Waals surface area contributed by atoms with Crippen LogP contribution in [0.25, 0.3) is 0 Å². The monoisotopic (exact) mass is 283 g/mol. The van der Waals surface area contributed by atoms with E-state index in [2.05, 4.69) is 49.9 Å². The minimum absolute atomic E-state index is 0.451. The number of likely N-dealkylation sites (N-methyl/N-ethyl adjacent to an activating group) is 1. The Morgan fingerprint density at radius 3 is 2.35 bits per heavy atom. The molecule has 20 heavy (non-hydrogen) atoms. The van der Waals surface area contributed by atoms with E-state index in [4.69, 9.17) is 0 Å². The predicted octanol–water partition coefficient (Wildman–Crippen LogP) is 2.82. The normalized spacial score (nSPS) is 22.9. The summed E-state index contributed by atoms with van der Waals surface area (Å²) in [6.07, 6.45) is 5.14. The van der Waals surface area contributed by atoms with Crippen molar-refractivity contribution < 1.29 is 0 Å². The molecule has 1 aliphatic heterocycles. The zero-order chi connectivity index (χ0) is 15.0. The fourth-order valence-corrected chi connectivity index (χ4v) is 3.49. The van der Waals surface area contributed by atoms with Crippen LogP contribution >= 0.6 is 0 Å². The second-order valence-corrected chi connectivity index (χ2v) is 6.64. The molecule has 0 aromatic rings. The Labute approximate surface area is 127 Å². The van der Waals surface area contributed by atoms with Gasteiger partial charge in [0.05, 0.1) is 0 Å². The van der Waals surface area contributed by atoms with Gasteiger partial charge >= 0.3 is 0 Å². The van der Waals surface area contributed by atoms with Gasteiger partial charge in [-0.3, -0.25) is 4.90 Å². The summed E-state index contributed by atoms with van der Waals surface area (Å²) in [5.74, 6) is 0. The third-order valence-electron chi connectivity index (χ3n) is 5.28. The van der Waals surface area contributed by atoms with Crippen molar-refractivity contribution in [3.8, 4) is 0 Å². The fraction of sp³-hybridized carbons (Fsp3) is 1.00. The van der Waals surface area contributed by atoms with E-state index >= 15 is 0 Å². The predicted molar refractivity (Wildman–Crippen MR) is 89.3 cm³/mol. The fourth-order valence-electron chi connectivity index (χ4n) is 3.49. The van der Waals surface area contributed by atoms with Crippen LogP contribution in [0.15, 0.2) is 0 Å². The lowest BCUT2D eigenvalue weighted by molar-refractivity contribution is 0.0960. The van der Waals surface area contributed by atoms with Crippen molar-refractivity contribution in [1.29, 1.82) is 0 Å². The van der Waals surface area contributed by atoms with Gasteiger partial charge in [0.15, 0.2) is 0 Å². The van der Waals surface area contributed by atoms with Gasteiger partial charge in [0.25, 0.3) is 0 Å². The number of nitrogens with one attached hydrogen (secondary N) is 1. The Morgan fingerprint density at radius 2 is 1.80 bits per heavy atom. The van der Waals surface area contributed by atoms with Crippen molar-refractivity contribution in [2.75, 3.05) is 46.3 Å². The third kappa shape index (κ3) is 5.01. The summed E-state index contributed by atoms with van der Waals surface area (Å²) in [6, 6.07) is 0.738. The van der Waals surface area contributed by atoms with Gasteiger partial charge in [0.1, 0.15) is 0 Å².